The fraction of sp³-hybridized carbons (Fsp3) is 0.500. The van der Waals surface area contributed by atoms with E-state index in [9.17, 15) is 4.79 Å². The number of carbonyl (C=O) groups excluding carboxylic acids is 1. The zero-order valence-corrected chi connectivity index (χ0v) is 9.81. The van der Waals surface area contributed by atoms with Gasteiger partial charge in [-0.15, -0.1) is 0 Å². The number of hydrogen-bond donors (Lipinski definition) is 1. The SMILES string of the molecule is CCOC(=O)c1ccnc(OCC2CC2)c1N. The molecule has 2 N–H and O–H groups in total. The number of nitrogens with zero attached hydrogens (tertiary/aromatic N) is 1. The summed E-state index contributed by atoms with van der Waals surface area (Å²) in [5.41, 5.74) is 6.40. The predicted octanol–water partition coefficient (Wildman–Crippen LogP) is 1.63. The minimum Gasteiger partial charge on any atom is -0.476 e. The first-order valence-corrected chi connectivity index (χ1v) is 5.76. The van der Waals surface area contributed by atoms with Gasteiger partial charge in [0.2, 0.25) is 5.88 Å². The average Bonchev–Trinajstić information content (AvgIpc) is 3.12. The molecule has 0 amide bonds. The van der Waals surface area contributed by atoms with E-state index in [0.717, 1.165) is 0 Å². The van der Waals surface area contributed by atoms with E-state index in [1.54, 1.807) is 6.92 Å². The van der Waals surface area contributed by atoms with Gasteiger partial charge in [0.05, 0.1) is 18.8 Å². The molecule has 0 spiro atoms. The van der Waals surface area contributed by atoms with E-state index in [2.05, 4.69) is 4.98 Å². The van der Waals surface area contributed by atoms with Gasteiger partial charge in [-0.1, -0.05) is 0 Å². The molecule has 0 bridgehead atoms. The lowest BCUT2D eigenvalue weighted by atomic mass is 10.2. The molecular formula is C12H16N2O3. The van der Waals surface area contributed by atoms with Crippen molar-refractivity contribution < 1.29 is 14.3 Å². The molecule has 0 unspecified atom stereocenters. The highest BCUT2D eigenvalue weighted by molar-refractivity contribution is 5.96. The van der Waals surface area contributed by atoms with Gasteiger partial charge >= 0.3 is 5.97 Å². The number of ether oxygens (including phenoxy) is 2. The highest BCUT2D eigenvalue weighted by atomic mass is 16.5. The van der Waals surface area contributed by atoms with Crippen LogP contribution in [0.2, 0.25) is 0 Å². The van der Waals surface area contributed by atoms with E-state index >= 15 is 0 Å². The van der Waals surface area contributed by atoms with Gasteiger partial charge in [0, 0.05) is 6.20 Å². The normalized spacial score (nSPS) is 14.4. The van der Waals surface area contributed by atoms with E-state index in [0.29, 0.717) is 30.6 Å². The summed E-state index contributed by atoms with van der Waals surface area (Å²) >= 11 is 0. The third kappa shape index (κ3) is 2.87. The van der Waals surface area contributed by atoms with Crippen LogP contribution in [0.4, 0.5) is 5.69 Å². The van der Waals surface area contributed by atoms with E-state index in [4.69, 9.17) is 15.2 Å². The van der Waals surface area contributed by atoms with Crippen LogP contribution in [0.5, 0.6) is 5.88 Å². The molecule has 1 fully saturated rings. The lowest BCUT2D eigenvalue weighted by molar-refractivity contribution is 0.0527. The zero-order valence-electron chi connectivity index (χ0n) is 9.81. The van der Waals surface area contributed by atoms with Crippen LogP contribution in [-0.2, 0) is 4.74 Å². The molecule has 0 atom stereocenters. The molecular weight excluding hydrogens is 220 g/mol. The Morgan fingerprint density at radius 2 is 2.35 bits per heavy atom. The molecule has 2 rings (SSSR count). The molecule has 1 aliphatic carbocycles. The van der Waals surface area contributed by atoms with Crippen molar-refractivity contribution in [3.8, 4) is 5.88 Å². The number of hydrogen-bond acceptors (Lipinski definition) is 5. The van der Waals surface area contributed by atoms with Crippen LogP contribution < -0.4 is 10.5 Å². The maximum atomic E-state index is 11.6. The molecule has 0 aliphatic heterocycles. The lowest BCUT2D eigenvalue weighted by Crippen LogP contribution is -2.11. The van der Waals surface area contributed by atoms with Crippen molar-refractivity contribution in [1.82, 2.24) is 4.98 Å². The van der Waals surface area contributed by atoms with E-state index < -0.39 is 5.97 Å². The first-order chi connectivity index (χ1) is 8.22. The van der Waals surface area contributed by atoms with Crippen LogP contribution in [0.3, 0.4) is 0 Å². The van der Waals surface area contributed by atoms with Crippen molar-refractivity contribution in [1.29, 1.82) is 0 Å². The van der Waals surface area contributed by atoms with Gasteiger partial charge in [-0.2, -0.15) is 0 Å². The van der Waals surface area contributed by atoms with Crippen molar-refractivity contribution >= 4 is 11.7 Å². The summed E-state index contributed by atoms with van der Waals surface area (Å²) < 4.78 is 10.4. The number of pyridine rings is 1. The smallest absolute Gasteiger partial charge is 0.340 e. The summed E-state index contributed by atoms with van der Waals surface area (Å²) in [6, 6.07) is 1.54. The van der Waals surface area contributed by atoms with Crippen LogP contribution in [0.15, 0.2) is 12.3 Å². The van der Waals surface area contributed by atoms with Crippen LogP contribution in [0, 0.1) is 5.92 Å². The van der Waals surface area contributed by atoms with E-state index in [1.165, 1.54) is 25.1 Å². The maximum absolute atomic E-state index is 11.6. The summed E-state index contributed by atoms with van der Waals surface area (Å²) in [5, 5.41) is 0. The third-order valence-corrected chi connectivity index (χ3v) is 2.60. The first kappa shape index (κ1) is 11.7. The topological polar surface area (TPSA) is 74.4 Å². The monoisotopic (exact) mass is 236 g/mol. The number of rotatable bonds is 5. The Balaban J connectivity index is 2.10. The minimum absolute atomic E-state index is 0.256. The highest BCUT2D eigenvalue weighted by Crippen LogP contribution is 2.31. The van der Waals surface area contributed by atoms with Crippen molar-refractivity contribution in [2.24, 2.45) is 5.92 Å². The van der Waals surface area contributed by atoms with Gasteiger partial charge in [0.25, 0.3) is 0 Å². The average molecular weight is 236 g/mol. The Morgan fingerprint density at radius 3 is 3.00 bits per heavy atom. The van der Waals surface area contributed by atoms with E-state index in [-0.39, 0.29) is 5.69 Å². The molecule has 92 valence electrons. The quantitative estimate of drug-likeness (QED) is 0.786. The lowest BCUT2D eigenvalue weighted by Gasteiger charge is -2.10. The van der Waals surface area contributed by atoms with Crippen molar-refractivity contribution in [2.45, 2.75) is 19.8 Å². The van der Waals surface area contributed by atoms with Gasteiger partial charge in [-0.05, 0) is 31.7 Å². The molecule has 1 aromatic rings. The van der Waals surface area contributed by atoms with Gasteiger partial charge in [0.15, 0.2) is 0 Å². The molecule has 1 saturated carbocycles. The van der Waals surface area contributed by atoms with Gasteiger partial charge in [-0.3, -0.25) is 0 Å². The zero-order chi connectivity index (χ0) is 12.3. The summed E-state index contributed by atoms with van der Waals surface area (Å²) in [6.07, 6.45) is 3.89. The van der Waals surface area contributed by atoms with E-state index in [1.807, 2.05) is 0 Å². The largest absolute Gasteiger partial charge is 0.476 e. The summed E-state index contributed by atoms with van der Waals surface area (Å²) in [6.45, 7) is 2.68. The molecule has 0 aromatic carbocycles. The number of anilines is 1. The molecule has 5 heteroatoms. The van der Waals surface area contributed by atoms with Crippen LogP contribution in [0.1, 0.15) is 30.1 Å². The minimum atomic E-state index is -0.441. The molecule has 1 aromatic heterocycles. The fourth-order valence-corrected chi connectivity index (χ4v) is 1.44. The summed E-state index contributed by atoms with van der Waals surface area (Å²) in [5.74, 6) is 0.494. The Kier molecular flexibility index (Phi) is 3.46. The standard InChI is InChI=1S/C12H16N2O3/c1-2-16-12(15)9-5-6-14-11(10(9)13)17-7-8-3-4-8/h5-6,8H,2-4,7,13H2,1H3. The number of nitrogen functional groups attached to an aromatic ring is 1. The molecule has 17 heavy (non-hydrogen) atoms. The third-order valence-electron chi connectivity index (χ3n) is 2.60. The molecule has 0 saturated heterocycles. The van der Waals surface area contributed by atoms with Crippen LogP contribution >= 0.6 is 0 Å². The summed E-state index contributed by atoms with van der Waals surface area (Å²) in [4.78, 5) is 15.6. The number of carbonyl (C=O) groups is 1. The summed E-state index contributed by atoms with van der Waals surface area (Å²) in [7, 11) is 0. The molecule has 0 radical (unpaired) electrons. The Morgan fingerprint density at radius 1 is 1.59 bits per heavy atom. The second-order valence-corrected chi connectivity index (χ2v) is 4.05. The Bertz CT molecular complexity index is 416. The molecule has 1 heterocycles. The van der Waals surface area contributed by atoms with Gasteiger partial charge in [0.1, 0.15) is 5.69 Å². The van der Waals surface area contributed by atoms with Crippen molar-refractivity contribution in [2.75, 3.05) is 18.9 Å². The van der Waals surface area contributed by atoms with Crippen LogP contribution in [-0.4, -0.2) is 24.2 Å². The predicted molar refractivity (Wildman–Crippen MR) is 62.8 cm³/mol. The highest BCUT2D eigenvalue weighted by Gasteiger charge is 2.23. The number of esters is 1. The van der Waals surface area contributed by atoms with Crippen LogP contribution in [0.25, 0.3) is 0 Å². The van der Waals surface area contributed by atoms with Crippen molar-refractivity contribution in [3.63, 3.8) is 0 Å². The molecule has 1 aliphatic rings. The second-order valence-electron chi connectivity index (χ2n) is 4.05. The Labute approximate surface area is 99.9 Å². The molecule has 5 nitrogen and oxygen atoms in total. The van der Waals surface area contributed by atoms with Crippen molar-refractivity contribution in [3.05, 3.63) is 17.8 Å². The number of nitrogens with two attached hydrogens (primary N) is 1. The fourth-order valence-electron chi connectivity index (χ4n) is 1.44. The first-order valence-electron chi connectivity index (χ1n) is 5.76. The number of aromatic nitrogens is 1. The second kappa shape index (κ2) is 5.03. The van der Waals surface area contributed by atoms with Gasteiger partial charge < -0.3 is 15.2 Å². The Hall–Kier alpha value is -1.78. The van der Waals surface area contributed by atoms with Gasteiger partial charge in [-0.25, -0.2) is 9.78 Å². The maximum Gasteiger partial charge on any atom is 0.340 e.